The zero-order valence-corrected chi connectivity index (χ0v) is 21.3. The summed E-state index contributed by atoms with van der Waals surface area (Å²) < 4.78 is 11.3. The highest BCUT2D eigenvalue weighted by Crippen LogP contribution is 2.29. The van der Waals surface area contributed by atoms with Crippen LogP contribution in [0.15, 0.2) is 64.0 Å². The Labute approximate surface area is 211 Å². The van der Waals surface area contributed by atoms with Crippen molar-refractivity contribution in [2.75, 3.05) is 51.8 Å². The molecule has 34 heavy (non-hydrogen) atoms. The third-order valence-electron chi connectivity index (χ3n) is 5.39. The number of hydrogen-bond acceptors (Lipinski definition) is 8. The highest BCUT2D eigenvalue weighted by molar-refractivity contribution is 8.16. The highest BCUT2D eigenvalue weighted by Gasteiger charge is 2.19. The number of hydrogen-bond donors (Lipinski definition) is 3. The van der Waals surface area contributed by atoms with Gasteiger partial charge in [0.05, 0.1) is 29.4 Å². The molecule has 1 fully saturated rings. The summed E-state index contributed by atoms with van der Waals surface area (Å²) in [5, 5.41) is 10.8. The van der Waals surface area contributed by atoms with Gasteiger partial charge in [-0.3, -0.25) is 9.69 Å². The maximum atomic E-state index is 13.1. The fraction of sp³-hybridized carbons (Fsp3) is 0.360. The number of nitrogens with one attached hydrogen (secondary N) is 2. The Morgan fingerprint density at radius 2 is 2.00 bits per heavy atom. The zero-order chi connectivity index (χ0) is 24.3. The SMILES string of the molecule is C/C(Nc1ccc(OCCN2CCOCC2)cc1S)=C(\SC=N)C(=O)N(C)Cc1ccccc1. The normalized spacial score (nSPS) is 14.8. The van der Waals surface area contributed by atoms with Gasteiger partial charge in [0.25, 0.3) is 5.91 Å². The molecule has 9 heteroatoms. The Morgan fingerprint density at radius 3 is 2.68 bits per heavy atom. The van der Waals surface area contributed by atoms with Crippen LogP contribution >= 0.6 is 24.4 Å². The van der Waals surface area contributed by atoms with E-state index < -0.39 is 0 Å². The number of anilines is 1. The van der Waals surface area contributed by atoms with E-state index in [-0.39, 0.29) is 5.91 Å². The number of thiol groups is 1. The average molecular weight is 501 g/mol. The first-order valence-corrected chi connectivity index (χ1v) is 12.5. The Balaban J connectivity index is 1.62. The van der Waals surface area contributed by atoms with Crippen molar-refractivity contribution in [3.63, 3.8) is 0 Å². The van der Waals surface area contributed by atoms with Crippen LogP contribution in [-0.2, 0) is 16.1 Å². The number of nitrogens with zero attached hydrogens (tertiary/aromatic N) is 2. The van der Waals surface area contributed by atoms with Crippen molar-refractivity contribution in [1.29, 1.82) is 5.41 Å². The van der Waals surface area contributed by atoms with E-state index in [1.54, 1.807) is 11.9 Å². The topological polar surface area (TPSA) is 77.9 Å². The van der Waals surface area contributed by atoms with Gasteiger partial charge in [-0.25, -0.2) is 0 Å². The lowest BCUT2D eigenvalue weighted by molar-refractivity contribution is -0.125. The van der Waals surface area contributed by atoms with Gasteiger partial charge in [-0.05, 0) is 30.7 Å². The Kier molecular flexibility index (Phi) is 10.3. The molecule has 1 aliphatic heterocycles. The second-order valence-electron chi connectivity index (χ2n) is 7.94. The van der Waals surface area contributed by atoms with Crippen LogP contribution in [0.2, 0.25) is 0 Å². The van der Waals surface area contributed by atoms with Gasteiger partial charge < -0.3 is 25.1 Å². The quantitative estimate of drug-likeness (QED) is 0.185. The minimum atomic E-state index is -0.147. The van der Waals surface area contributed by atoms with Gasteiger partial charge in [0.2, 0.25) is 0 Å². The van der Waals surface area contributed by atoms with Crippen LogP contribution in [0.25, 0.3) is 0 Å². The van der Waals surface area contributed by atoms with E-state index in [0.717, 1.165) is 61.6 Å². The van der Waals surface area contributed by atoms with E-state index in [9.17, 15) is 4.79 Å². The zero-order valence-electron chi connectivity index (χ0n) is 19.6. The standard InChI is InChI=1S/C25H32N4O3S2/c1-19(24(34-18-26)25(30)28(2)17-20-6-4-3-5-7-20)27-22-9-8-21(16-23(22)33)32-15-12-29-10-13-31-14-11-29/h3-9,16,18,26-27,33H,10-15,17H2,1-2H3/b24-19+,26-18?. The Bertz CT molecular complexity index is 995. The van der Waals surface area contributed by atoms with Crippen LogP contribution in [0.5, 0.6) is 5.75 Å². The molecule has 1 aliphatic rings. The highest BCUT2D eigenvalue weighted by atomic mass is 32.2. The molecule has 0 bridgehead atoms. The van der Waals surface area contributed by atoms with Crippen LogP contribution in [0.1, 0.15) is 12.5 Å². The molecule has 2 aromatic rings. The molecule has 0 saturated carbocycles. The van der Waals surface area contributed by atoms with Crippen molar-refractivity contribution >= 4 is 41.5 Å². The molecule has 1 amide bonds. The first kappa shape index (κ1) is 26.2. The second-order valence-corrected chi connectivity index (χ2v) is 9.30. The predicted molar refractivity (Wildman–Crippen MR) is 142 cm³/mol. The molecule has 1 saturated heterocycles. The molecule has 0 aromatic heterocycles. The Morgan fingerprint density at radius 1 is 1.26 bits per heavy atom. The summed E-state index contributed by atoms with van der Waals surface area (Å²) in [6, 6.07) is 15.5. The third kappa shape index (κ3) is 7.80. The second kappa shape index (κ2) is 13.4. The van der Waals surface area contributed by atoms with Gasteiger partial charge in [0, 0.05) is 43.8 Å². The van der Waals surface area contributed by atoms with Crippen LogP contribution in [-0.4, -0.2) is 67.8 Å². The molecule has 7 nitrogen and oxygen atoms in total. The van der Waals surface area contributed by atoms with Crippen molar-refractivity contribution in [2.24, 2.45) is 0 Å². The van der Waals surface area contributed by atoms with Gasteiger partial charge in [-0.1, -0.05) is 42.1 Å². The minimum Gasteiger partial charge on any atom is -0.492 e. The van der Waals surface area contributed by atoms with Crippen LogP contribution in [0, 0.1) is 5.41 Å². The Hall–Kier alpha value is -2.46. The number of amides is 1. The van der Waals surface area contributed by atoms with E-state index in [1.807, 2.05) is 55.5 Å². The molecule has 3 rings (SSSR count). The first-order valence-electron chi connectivity index (χ1n) is 11.2. The molecular formula is C25H32N4O3S2. The number of carbonyl (C=O) groups excluding carboxylic acids is 1. The van der Waals surface area contributed by atoms with Gasteiger partial charge in [0.1, 0.15) is 12.4 Å². The molecule has 1 heterocycles. The number of allylic oxidation sites excluding steroid dienone is 1. The van der Waals surface area contributed by atoms with Crippen molar-refractivity contribution in [3.05, 3.63) is 64.7 Å². The molecule has 2 N–H and O–H groups in total. The molecule has 2 aromatic carbocycles. The molecular weight excluding hydrogens is 468 g/mol. The van der Waals surface area contributed by atoms with E-state index in [4.69, 9.17) is 14.9 Å². The van der Waals surface area contributed by atoms with Gasteiger partial charge in [0.15, 0.2) is 0 Å². The number of benzene rings is 2. The summed E-state index contributed by atoms with van der Waals surface area (Å²) >= 11 is 5.69. The molecule has 0 radical (unpaired) electrons. The average Bonchev–Trinajstić information content (AvgIpc) is 2.85. The number of rotatable bonds is 11. The van der Waals surface area contributed by atoms with Crippen molar-refractivity contribution in [3.8, 4) is 5.75 Å². The fourth-order valence-corrected chi connectivity index (χ4v) is 4.40. The molecule has 0 unspecified atom stereocenters. The lowest BCUT2D eigenvalue weighted by atomic mass is 10.2. The summed E-state index contributed by atoms with van der Waals surface area (Å²) in [6.07, 6.45) is 0. The van der Waals surface area contributed by atoms with Crippen LogP contribution in [0.3, 0.4) is 0 Å². The smallest absolute Gasteiger partial charge is 0.262 e. The molecule has 0 atom stereocenters. The number of likely N-dealkylation sites (N-methyl/N-ethyl adjacent to an activating group) is 1. The summed E-state index contributed by atoms with van der Waals surface area (Å²) in [5.41, 5.74) is 3.64. The lowest BCUT2D eigenvalue weighted by Crippen LogP contribution is -2.38. The van der Waals surface area contributed by atoms with Crippen LogP contribution < -0.4 is 10.1 Å². The minimum absolute atomic E-state index is 0.147. The maximum Gasteiger partial charge on any atom is 0.262 e. The summed E-state index contributed by atoms with van der Waals surface area (Å²) in [5.74, 6) is 0.601. The number of ether oxygens (including phenoxy) is 2. The van der Waals surface area contributed by atoms with E-state index >= 15 is 0 Å². The van der Waals surface area contributed by atoms with Crippen LogP contribution in [0.4, 0.5) is 5.69 Å². The van der Waals surface area contributed by atoms with Crippen molar-refractivity contribution in [1.82, 2.24) is 9.80 Å². The van der Waals surface area contributed by atoms with E-state index in [2.05, 4.69) is 22.8 Å². The van der Waals surface area contributed by atoms with E-state index in [1.165, 1.54) is 5.55 Å². The monoisotopic (exact) mass is 500 g/mol. The summed E-state index contributed by atoms with van der Waals surface area (Å²) in [7, 11) is 1.76. The largest absolute Gasteiger partial charge is 0.492 e. The predicted octanol–water partition coefficient (Wildman–Crippen LogP) is 4.33. The van der Waals surface area contributed by atoms with E-state index in [0.29, 0.717) is 28.6 Å². The third-order valence-corrected chi connectivity index (χ3v) is 6.60. The van der Waals surface area contributed by atoms with Gasteiger partial charge in [-0.15, -0.1) is 12.6 Å². The number of thioether (sulfide) groups is 1. The summed E-state index contributed by atoms with van der Waals surface area (Å²) in [4.78, 5) is 18.3. The number of carbonyl (C=O) groups is 1. The summed E-state index contributed by atoms with van der Waals surface area (Å²) in [6.45, 7) is 7.20. The molecule has 0 spiro atoms. The molecule has 182 valence electrons. The number of morpholine rings is 1. The van der Waals surface area contributed by atoms with Gasteiger partial charge >= 0.3 is 0 Å². The molecule has 0 aliphatic carbocycles. The maximum absolute atomic E-state index is 13.1. The van der Waals surface area contributed by atoms with Crippen molar-refractivity contribution < 1.29 is 14.3 Å². The van der Waals surface area contributed by atoms with Gasteiger partial charge in [-0.2, -0.15) is 0 Å². The van der Waals surface area contributed by atoms with Crippen molar-refractivity contribution in [2.45, 2.75) is 18.4 Å². The fourth-order valence-electron chi connectivity index (χ4n) is 3.54. The lowest BCUT2D eigenvalue weighted by Gasteiger charge is -2.26. The first-order chi connectivity index (χ1) is 16.5.